The number of hydrogen-bond donors (Lipinski definition) is 0. The van der Waals surface area contributed by atoms with Gasteiger partial charge in [0.1, 0.15) is 0 Å². The maximum atomic E-state index is 11.1. The molecule has 0 spiro atoms. The third kappa shape index (κ3) is 1.42. The van der Waals surface area contributed by atoms with Crippen LogP contribution in [0.15, 0.2) is 0 Å². The van der Waals surface area contributed by atoms with E-state index in [0.717, 1.165) is 12.8 Å². The van der Waals surface area contributed by atoms with Gasteiger partial charge in [-0.05, 0) is 12.8 Å². The fourth-order valence-electron chi connectivity index (χ4n) is 1.56. The Morgan fingerprint density at radius 2 is 2.36 bits per heavy atom. The third-order valence-electron chi connectivity index (χ3n) is 2.14. The summed E-state index contributed by atoms with van der Waals surface area (Å²) < 4.78 is 0. The number of hydrogen-bond acceptors (Lipinski definition) is 2. The summed E-state index contributed by atoms with van der Waals surface area (Å²) in [7, 11) is 0. The molecule has 3 heteroatoms. The molecule has 0 radical (unpaired) electrons. The van der Waals surface area contributed by atoms with Crippen molar-refractivity contribution < 1.29 is 9.59 Å². The SMILES string of the molecule is CCC1CCC(=O)N1C(C)=O. The zero-order chi connectivity index (χ0) is 8.43. The summed E-state index contributed by atoms with van der Waals surface area (Å²) >= 11 is 0. The molecule has 11 heavy (non-hydrogen) atoms. The maximum Gasteiger partial charge on any atom is 0.229 e. The average molecular weight is 155 g/mol. The molecule has 0 aromatic heterocycles. The quantitative estimate of drug-likeness (QED) is 0.565. The van der Waals surface area contributed by atoms with Gasteiger partial charge >= 0.3 is 0 Å². The standard InChI is InChI=1S/C8H13NO2/c1-3-7-4-5-8(11)9(7)6(2)10/h7H,3-5H2,1-2H3. The number of amides is 2. The topological polar surface area (TPSA) is 37.4 Å². The van der Waals surface area contributed by atoms with Gasteiger partial charge < -0.3 is 0 Å². The minimum atomic E-state index is -0.112. The fourth-order valence-corrected chi connectivity index (χ4v) is 1.56. The smallest absolute Gasteiger partial charge is 0.229 e. The van der Waals surface area contributed by atoms with Crippen LogP contribution in [0.25, 0.3) is 0 Å². The third-order valence-corrected chi connectivity index (χ3v) is 2.14. The van der Waals surface area contributed by atoms with Crippen LogP contribution in [0.2, 0.25) is 0 Å². The van der Waals surface area contributed by atoms with E-state index in [-0.39, 0.29) is 17.9 Å². The first-order valence-corrected chi connectivity index (χ1v) is 3.99. The van der Waals surface area contributed by atoms with Gasteiger partial charge in [-0.3, -0.25) is 14.5 Å². The van der Waals surface area contributed by atoms with Gasteiger partial charge in [0.2, 0.25) is 11.8 Å². The number of carbonyl (C=O) groups excluding carboxylic acids is 2. The van der Waals surface area contributed by atoms with Crippen molar-refractivity contribution in [2.24, 2.45) is 0 Å². The number of rotatable bonds is 1. The summed E-state index contributed by atoms with van der Waals surface area (Å²) in [5.74, 6) is -0.122. The molecular formula is C8H13NO2. The Balaban J connectivity index is 2.71. The molecule has 1 atom stereocenters. The van der Waals surface area contributed by atoms with E-state index in [4.69, 9.17) is 0 Å². The number of imide groups is 1. The van der Waals surface area contributed by atoms with Gasteiger partial charge in [0.05, 0.1) is 0 Å². The average Bonchev–Trinajstić information content (AvgIpc) is 2.30. The maximum absolute atomic E-state index is 11.1. The van der Waals surface area contributed by atoms with Gasteiger partial charge in [-0.15, -0.1) is 0 Å². The van der Waals surface area contributed by atoms with E-state index in [1.165, 1.54) is 11.8 Å². The zero-order valence-corrected chi connectivity index (χ0v) is 6.96. The fraction of sp³-hybridized carbons (Fsp3) is 0.750. The van der Waals surface area contributed by atoms with Gasteiger partial charge in [-0.1, -0.05) is 6.92 Å². The van der Waals surface area contributed by atoms with E-state index < -0.39 is 0 Å². The van der Waals surface area contributed by atoms with Crippen LogP contribution in [0.5, 0.6) is 0 Å². The van der Waals surface area contributed by atoms with Crippen molar-refractivity contribution >= 4 is 11.8 Å². The minimum absolute atomic E-state index is 0.00986. The predicted octanol–water partition coefficient (Wildman–Crippen LogP) is 0.934. The molecule has 1 aliphatic heterocycles. The van der Waals surface area contributed by atoms with Crippen LogP contribution in [0.1, 0.15) is 33.1 Å². The molecule has 1 rings (SSSR count). The van der Waals surface area contributed by atoms with Crippen LogP contribution < -0.4 is 0 Å². The zero-order valence-electron chi connectivity index (χ0n) is 6.96. The molecule has 3 nitrogen and oxygen atoms in total. The van der Waals surface area contributed by atoms with Gasteiger partial charge in [0, 0.05) is 19.4 Å². The van der Waals surface area contributed by atoms with E-state index in [2.05, 4.69) is 0 Å². The van der Waals surface area contributed by atoms with Crippen molar-refractivity contribution in [1.29, 1.82) is 0 Å². The van der Waals surface area contributed by atoms with E-state index in [1.54, 1.807) is 0 Å². The Labute approximate surface area is 66.4 Å². The largest absolute Gasteiger partial charge is 0.280 e. The molecule has 0 saturated carbocycles. The molecule has 0 bridgehead atoms. The van der Waals surface area contributed by atoms with Crippen molar-refractivity contribution in [3.8, 4) is 0 Å². The monoisotopic (exact) mass is 155 g/mol. The molecule has 1 aliphatic rings. The second-order valence-electron chi connectivity index (χ2n) is 2.88. The highest BCUT2D eigenvalue weighted by Gasteiger charge is 2.32. The Morgan fingerprint density at radius 3 is 2.73 bits per heavy atom. The number of carbonyl (C=O) groups is 2. The van der Waals surface area contributed by atoms with Crippen LogP contribution in [0, 0.1) is 0 Å². The normalized spacial score (nSPS) is 24.4. The Hall–Kier alpha value is -0.860. The van der Waals surface area contributed by atoms with Crippen molar-refractivity contribution in [3.05, 3.63) is 0 Å². The van der Waals surface area contributed by atoms with Gasteiger partial charge in [-0.25, -0.2) is 0 Å². The molecule has 2 amide bonds. The first kappa shape index (κ1) is 8.24. The van der Waals surface area contributed by atoms with E-state index >= 15 is 0 Å². The molecule has 62 valence electrons. The lowest BCUT2D eigenvalue weighted by atomic mass is 10.2. The first-order chi connectivity index (χ1) is 5.16. The van der Waals surface area contributed by atoms with E-state index in [0.29, 0.717) is 6.42 Å². The summed E-state index contributed by atoms with van der Waals surface area (Å²) in [4.78, 5) is 23.4. The second kappa shape index (κ2) is 3.03. The van der Waals surface area contributed by atoms with Crippen molar-refractivity contribution in [1.82, 2.24) is 4.90 Å². The summed E-state index contributed by atoms with van der Waals surface area (Å²) in [6, 6.07) is 0.167. The van der Waals surface area contributed by atoms with Crippen molar-refractivity contribution in [2.75, 3.05) is 0 Å². The molecule has 1 saturated heterocycles. The molecule has 1 fully saturated rings. The number of likely N-dealkylation sites (tertiary alicyclic amines) is 1. The lowest BCUT2D eigenvalue weighted by Gasteiger charge is -2.19. The molecule has 0 aromatic carbocycles. The summed E-state index contributed by atoms with van der Waals surface area (Å²) in [6.07, 6.45) is 2.26. The summed E-state index contributed by atoms with van der Waals surface area (Å²) in [5.41, 5.74) is 0. The molecule has 0 aromatic rings. The van der Waals surface area contributed by atoms with E-state index in [1.807, 2.05) is 6.92 Å². The Kier molecular flexibility index (Phi) is 2.27. The van der Waals surface area contributed by atoms with Crippen molar-refractivity contribution in [3.63, 3.8) is 0 Å². The highest BCUT2D eigenvalue weighted by molar-refractivity contribution is 5.96. The Bertz CT molecular complexity index is 189. The van der Waals surface area contributed by atoms with Gasteiger partial charge in [0.25, 0.3) is 0 Å². The highest BCUT2D eigenvalue weighted by Crippen LogP contribution is 2.20. The van der Waals surface area contributed by atoms with Crippen LogP contribution in [0.3, 0.4) is 0 Å². The summed E-state index contributed by atoms with van der Waals surface area (Å²) in [6.45, 7) is 3.45. The number of nitrogens with zero attached hydrogens (tertiary/aromatic N) is 1. The van der Waals surface area contributed by atoms with Crippen LogP contribution in [0.4, 0.5) is 0 Å². The lowest BCUT2D eigenvalue weighted by molar-refractivity contribution is -0.142. The van der Waals surface area contributed by atoms with E-state index in [9.17, 15) is 9.59 Å². The van der Waals surface area contributed by atoms with Crippen molar-refractivity contribution in [2.45, 2.75) is 39.2 Å². The first-order valence-electron chi connectivity index (χ1n) is 3.99. The lowest BCUT2D eigenvalue weighted by Crippen LogP contribution is -2.36. The molecule has 0 N–H and O–H groups in total. The molecular weight excluding hydrogens is 142 g/mol. The van der Waals surface area contributed by atoms with Gasteiger partial charge in [-0.2, -0.15) is 0 Å². The minimum Gasteiger partial charge on any atom is -0.280 e. The van der Waals surface area contributed by atoms with Crippen LogP contribution in [-0.2, 0) is 9.59 Å². The highest BCUT2D eigenvalue weighted by atomic mass is 16.2. The molecule has 0 aliphatic carbocycles. The van der Waals surface area contributed by atoms with Crippen LogP contribution in [-0.4, -0.2) is 22.8 Å². The van der Waals surface area contributed by atoms with Gasteiger partial charge in [0.15, 0.2) is 0 Å². The molecule has 1 unspecified atom stereocenters. The molecule has 1 heterocycles. The Morgan fingerprint density at radius 1 is 1.73 bits per heavy atom. The van der Waals surface area contributed by atoms with Crippen LogP contribution >= 0.6 is 0 Å². The predicted molar refractivity (Wildman–Crippen MR) is 40.8 cm³/mol. The second-order valence-corrected chi connectivity index (χ2v) is 2.88. The summed E-state index contributed by atoms with van der Waals surface area (Å²) in [5, 5.41) is 0.